The van der Waals surface area contributed by atoms with Crippen LogP contribution in [0.4, 0.5) is 0 Å². The number of piperazine rings is 1. The predicted molar refractivity (Wildman–Crippen MR) is 66.9 cm³/mol. The first kappa shape index (κ1) is 13.8. The third-order valence-electron chi connectivity index (χ3n) is 2.37. The zero-order valence-corrected chi connectivity index (χ0v) is 10.5. The highest BCUT2D eigenvalue weighted by Gasteiger charge is 2.16. The first-order valence-electron chi connectivity index (χ1n) is 5.53. The zero-order valence-electron chi connectivity index (χ0n) is 10.5. The molecular weight excluding hydrogens is 188 g/mol. The van der Waals surface area contributed by atoms with Crippen LogP contribution >= 0.6 is 0 Å². The molecule has 1 aliphatic rings. The smallest absolute Gasteiger partial charge is 0.191 e. The van der Waals surface area contributed by atoms with Gasteiger partial charge in [-0.15, -0.1) is 0 Å². The topological polar surface area (TPSA) is 44.9 Å². The Kier molecular flexibility index (Phi) is 6.58. The van der Waals surface area contributed by atoms with E-state index >= 15 is 0 Å². The molecule has 4 nitrogen and oxygen atoms in total. The monoisotopic (exact) mass is 212 g/mol. The standard InChI is InChI=1S/C9H18N4.C2H6/c1-8(2)12-4-6-13(7-5-12)9(10)11-3;1-2/h1,4-7H2,2-3H3,(H2,10,11);1-2H3. The SMILES string of the molecule is C=C(C)N1CCN(C(N)=NC)CC1.CC. The van der Waals surface area contributed by atoms with Gasteiger partial charge in [0.05, 0.1) is 0 Å². The van der Waals surface area contributed by atoms with Gasteiger partial charge in [-0.1, -0.05) is 20.4 Å². The lowest BCUT2D eigenvalue weighted by Gasteiger charge is -2.36. The van der Waals surface area contributed by atoms with E-state index in [-0.39, 0.29) is 0 Å². The normalized spacial score (nSPS) is 16.9. The van der Waals surface area contributed by atoms with Gasteiger partial charge in [-0.25, -0.2) is 0 Å². The van der Waals surface area contributed by atoms with Gasteiger partial charge in [-0.2, -0.15) is 0 Å². The molecule has 0 amide bonds. The lowest BCUT2D eigenvalue weighted by atomic mass is 10.3. The van der Waals surface area contributed by atoms with Crippen molar-refractivity contribution in [2.24, 2.45) is 10.7 Å². The van der Waals surface area contributed by atoms with Crippen LogP contribution in [0.1, 0.15) is 20.8 Å². The molecule has 1 saturated heterocycles. The molecule has 0 radical (unpaired) electrons. The molecule has 88 valence electrons. The number of hydrogen-bond donors (Lipinski definition) is 1. The third-order valence-corrected chi connectivity index (χ3v) is 2.37. The van der Waals surface area contributed by atoms with Gasteiger partial charge in [0.2, 0.25) is 0 Å². The second-order valence-corrected chi connectivity index (χ2v) is 3.29. The van der Waals surface area contributed by atoms with Crippen molar-refractivity contribution in [3.8, 4) is 0 Å². The lowest BCUT2D eigenvalue weighted by Crippen LogP contribution is -2.50. The van der Waals surface area contributed by atoms with Crippen molar-refractivity contribution < 1.29 is 0 Å². The van der Waals surface area contributed by atoms with E-state index in [1.807, 2.05) is 20.8 Å². The molecular formula is C11H24N4. The number of nitrogens with zero attached hydrogens (tertiary/aromatic N) is 3. The average molecular weight is 212 g/mol. The number of allylic oxidation sites excluding steroid dienone is 1. The van der Waals surface area contributed by atoms with Crippen molar-refractivity contribution in [1.82, 2.24) is 9.80 Å². The number of hydrogen-bond acceptors (Lipinski definition) is 2. The molecule has 0 aromatic carbocycles. The molecule has 2 N–H and O–H groups in total. The van der Waals surface area contributed by atoms with Crippen molar-refractivity contribution in [2.75, 3.05) is 33.2 Å². The summed E-state index contributed by atoms with van der Waals surface area (Å²) in [5, 5.41) is 0. The van der Waals surface area contributed by atoms with Gasteiger partial charge in [0.1, 0.15) is 0 Å². The molecule has 0 spiro atoms. The fourth-order valence-corrected chi connectivity index (χ4v) is 1.46. The molecule has 0 aromatic rings. The van der Waals surface area contributed by atoms with Gasteiger partial charge in [0.15, 0.2) is 5.96 Å². The molecule has 0 aromatic heterocycles. The van der Waals surface area contributed by atoms with Crippen molar-refractivity contribution in [3.63, 3.8) is 0 Å². The van der Waals surface area contributed by atoms with E-state index < -0.39 is 0 Å². The van der Waals surface area contributed by atoms with Gasteiger partial charge >= 0.3 is 0 Å². The second-order valence-electron chi connectivity index (χ2n) is 3.29. The van der Waals surface area contributed by atoms with Crippen LogP contribution in [0.5, 0.6) is 0 Å². The lowest BCUT2D eigenvalue weighted by molar-refractivity contribution is 0.221. The van der Waals surface area contributed by atoms with Crippen LogP contribution in [-0.4, -0.2) is 49.0 Å². The van der Waals surface area contributed by atoms with E-state index in [1.165, 1.54) is 0 Å². The van der Waals surface area contributed by atoms with Gasteiger partial charge in [-0.05, 0) is 6.92 Å². The Morgan fingerprint density at radius 3 is 1.87 bits per heavy atom. The van der Waals surface area contributed by atoms with Crippen LogP contribution in [0.2, 0.25) is 0 Å². The Morgan fingerprint density at radius 1 is 1.13 bits per heavy atom. The molecule has 1 rings (SSSR count). The van der Waals surface area contributed by atoms with Crippen molar-refractivity contribution in [3.05, 3.63) is 12.3 Å². The molecule has 1 heterocycles. The van der Waals surface area contributed by atoms with Crippen LogP contribution < -0.4 is 5.73 Å². The summed E-state index contributed by atoms with van der Waals surface area (Å²) >= 11 is 0. The van der Waals surface area contributed by atoms with Gasteiger partial charge in [0, 0.05) is 38.9 Å². The molecule has 15 heavy (non-hydrogen) atoms. The van der Waals surface area contributed by atoms with Crippen molar-refractivity contribution in [2.45, 2.75) is 20.8 Å². The van der Waals surface area contributed by atoms with E-state index in [2.05, 4.69) is 21.4 Å². The summed E-state index contributed by atoms with van der Waals surface area (Å²) in [6.45, 7) is 13.8. The maximum absolute atomic E-state index is 5.70. The van der Waals surface area contributed by atoms with E-state index in [0.29, 0.717) is 5.96 Å². The summed E-state index contributed by atoms with van der Waals surface area (Å²) in [5.74, 6) is 0.640. The largest absolute Gasteiger partial charge is 0.372 e. The Labute approximate surface area is 93.5 Å². The molecule has 1 fully saturated rings. The van der Waals surface area contributed by atoms with Gasteiger partial charge < -0.3 is 15.5 Å². The predicted octanol–water partition coefficient (Wildman–Crippen LogP) is 1.11. The highest BCUT2D eigenvalue weighted by atomic mass is 15.3. The summed E-state index contributed by atoms with van der Waals surface area (Å²) < 4.78 is 0. The summed E-state index contributed by atoms with van der Waals surface area (Å²) in [5.41, 5.74) is 6.84. The van der Waals surface area contributed by atoms with E-state index in [1.54, 1.807) is 7.05 Å². The average Bonchev–Trinajstić information content (AvgIpc) is 2.31. The van der Waals surface area contributed by atoms with Crippen LogP contribution in [0.25, 0.3) is 0 Å². The van der Waals surface area contributed by atoms with Gasteiger partial charge in [-0.3, -0.25) is 4.99 Å². The molecule has 0 aliphatic carbocycles. The minimum Gasteiger partial charge on any atom is -0.372 e. The van der Waals surface area contributed by atoms with Crippen LogP contribution in [-0.2, 0) is 0 Å². The molecule has 0 saturated carbocycles. The minimum absolute atomic E-state index is 0.640. The minimum atomic E-state index is 0.640. The highest BCUT2D eigenvalue weighted by Crippen LogP contribution is 2.06. The summed E-state index contributed by atoms with van der Waals surface area (Å²) in [6, 6.07) is 0. The van der Waals surface area contributed by atoms with E-state index in [9.17, 15) is 0 Å². The first-order valence-corrected chi connectivity index (χ1v) is 5.53. The van der Waals surface area contributed by atoms with Crippen LogP contribution in [0.15, 0.2) is 17.3 Å². The van der Waals surface area contributed by atoms with Crippen LogP contribution in [0.3, 0.4) is 0 Å². The zero-order chi connectivity index (χ0) is 11.8. The Hall–Kier alpha value is -1.19. The highest BCUT2D eigenvalue weighted by molar-refractivity contribution is 5.78. The molecule has 0 unspecified atom stereocenters. The first-order chi connectivity index (χ1) is 7.15. The summed E-state index contributed by atoms with van der Waals surface area (Å²) in [7, 11) is 1.72. The van der Waals surface area contributed by atoms with Crippen LogP contribution in [0, 0.1) is 0 Å². The third kappa shape index (κ3) is 4.23. The van der Waals surface area contributed by atoms with Crippen molar-refractivity contribution in [1.29, 1.82) is 0 Å². The van der Waals surface area contributed by atoms with Gasteiger partial charge in [0.25, 0.3) is 0 Å². The quantitative estimate of drug-likeness (QED) is 0.523. The number of rotatable bonds is 1. The number of nitrogens with two attached hydrogens (primary N) is 1. The number of aliphatic imine (C=N–C) groups is 1. The summed E-state index contributed by atoms with van der Waals surface area (Å²) in [6.07, 6.45) is 0. The molecule has 1 aliphatic heterocycles. The number of guanidine groups is 1. The fourth-order valence-electron chi connectivity index (χ4n) is 1.46. The maximum atomic E-state index is 5.70. The molecule has 0 atom stereocenters. The van der Waals surface area contributed by atoms with Crippen molar-refractivity contribution >= 4 is 5.96 Å². The molecule has 0 bridgehead atoms. The van der Waals surface area contributed by atoms with E-state index in [0.717, 1.165) is 31.9 Å². The molecule has 4 heteroatoms. The Balaban J connectivity index is 0.000000921. The van der Waals surface area contributed by atoms with E-state index in [4.69, 9.17) is 5.73 Å². The Morgan fingerprint density at radius 2 is 1.53 bits per heavy atom. The fraction of sp³-hybridized carbons (Fsp3) is 0.727. The Bertz CT molecular complexity index is 215. The second kappa shape index (κ2) is 7.15. The summed E-state index contributed by atoms with van der Waals surface area (Å²) in [4.78, 5) is 8.32. The maximum Gasteiger partial charge on any atom is 0.191 e.